The van der Waals surface area contributed by atoms with Gasteiger partial charge in [-0.3, -0.25) is 0 Å². The molecule has 2 fully saturated rings. The topological polar surface area (TPSA) is 60.7 Å². The van der Waals surface area contributed by atoms with Gasteiger partial charge in [0, 0.05) is 5.41 Å². The summed E-state index contributed by atoms with van der Waals surface area (Å²) in [6.45, 7) is 2.23. The van der Waals surface area contributed by atoms with E-state index in [4.69, 9.17) is 0 Å². The van der Waals surface area contributed by atoms with E-state index in [1.807, 2.05) is 36.4 Å². The van der Waals surface area contributed by atoms with Crippen molar-refractivity contribution in [2.24, 2.45) is 0 Å². The molecule has 0 heterocycles. The number of phenolic OH excluding ortho intramolecular Hbond substituents is 3. The van der Waals surface area contributed by atoms with Gasteiger partial charge in [0.2, 0.25) is 0 Å². The Morgan fingerprint density at radius 2 is 0.943 bits per heavy atom. The van der Waals surface area contributed by atoms with Gasteiger partial charge in [0.05, 0.1) is 0 Å². The fourth-order valence-corrected chi connectivity index (χ4v) is 6.51. The number of hydrogen-bond acceptors (Lipinski definition) is 3. The third-order valence-electron chi connectivity index (χ3n) is 8.74. The first-order chi connectivity index (χ1) is 17.0. The van der Waals surface area contributed by atoms with Crippen molar-refractivity contribution in [1.82, 2.24) is 0 Å². The van der Waals surface area contributed by atoms with E-state index in [9.17, 15) is 15.3 Å². The number of hydrogen-bond donors (Lipinski definition) is 3. The molecule has 0 amide bonds. The van der Waals surface area contributed by atoms with Crippen LogP contribution >= 0.6 is 0 Å². The Morgan fingerprint density at radius 3 is 1.37 bits per heavy atom. The van der Waals surface area contributed by atoms with Crippen LogP contribution in [0.2, 0.25) is 0 Å². The van der Waals surface area contributed by atoms with Gasteiger partial charge in [-0.15, -0.1) is 0 Å². The van der Waals surface area contributed by atoms with E-state index in [1.54, 1.807) is 12.1 Å². The monoisotopic (exact) mass is 470 g/mol. The molecular weight excluding hydrogens is 432 g/mol. The van der Waals surface area contributed by atoms with E-state index in [1.165, 1.54) is 38.5 Å². The Morgan fingerprint density at radius 1 is 0.543 bits per heavy atom. The first kappa shape index (κ1) is 23.8. The summed E-state index contributed by atoms with van der Waals surface area (Å²) in [4.78, 5) is 0. The third kappa shape index (κ3) is 4.66. The highest BCUT2D eigenvalue weighted by Gasteiger charge is 2.34. The largest absolute Gasteiger partial charge is 0.508 e. The first-order valence-electron chi connectivity index (χ1n) is 13.4. The van der Waals surface area contributed by atoms with E-state index < -0.39 is 5.41 Å². The summed E-state index contributed by atoms with van der Waals surface area (Å²) in [6, 6.07) is 19.7. The zero-order chi connectivity index (χ0) is 24.4. The number of rotatable bonds is 5. The van der Waals surface area contributed by atoms with Gasteiger partial charge in [-0.05, 0) is 96.5 Å². The minimum Gasteiger partial charge on any atom is -0.508 e. The van der Waals surface area contributed by atoms with Crippen LogP contribution in [0.15, 0.2) is 60.7 Å². The van der Waals surface area contributed by atoms with Gasteiger partial charge in [0.25, 0.3) is 0 Å². The molecule has 3 aromatic rings. The van der Waals surface area contributed by atoms with E-state index >= 15 is 0 Å². The molecule has 0 radical (unpaired) electrons. The Kier molecular flexibility index (Phi) is 6.77. The molecule has 0 spiro atoms. The van der Waals surface area contributed by atoms with Crippen molar-refractivity contribution >= 4 is 0 Å². The van der Waals surface area contributed by atoms with Gasteiger partial charge in [0.15, 0.2) is 0 Å². The van der Waals surface area contributed by atoms with Crippen molar-refractivity contribution in [3.05, 3.63) is 88.5 Å². The molecule has 0 aliphatic heterocycles. The van der Waals surface area contributed by atoms with Gasteiger partial charge >= 0.3 is 0 Å². The first-order valence-corrected chi connectivity index (χ1v) is 13.4. The minimum atomic E-state index is -0.498. The molecule has 2 aliphatic rings. The van der Waals surface area contributed by atoms with Crippen molar-refractivity contribution in [2.45, 2.75) is 88.4 Å². The highest BCUT2D eigenvalue weighted by molar-refractivity contribution is 5.55. The van der Waals surface area contributed by atoms with E-state index in [2.05, 4.69) is 19.1 Å². The van der Waals surface area contributed by atoms with Gasteiger partial charge < -0.3 is 15.3 Å². The summed E-state index contributed by atoms with van der Waals surface area (Å²) in [5, 5.41) is 31.6. The SMILES string of the molecule is CC(c1ccc(O)cc1)(c1ccc(O)c(C2CCCCC2)c1)c1ccc(O)c(C2CCCCC2)c1. The Balaban J connectivity index is 1.65. The lowest BCUT2D eigenvalue weighted by molar-refractivity contribution is 0.412. The minimum absolute atomic E-state index is 0.248. The molecule has 2 saturated carbocycles. The van der Waals surface area contributed by atoms with Crippen molar-refractivity contribution in [1.29, 1.82) is 0 Å². The highest BCUT2D eigenvalue weighted by atomic mass is 16.3. The predicted molar refractivity (Wildman–Crippen MR) is 142 cm³/mol. The maximum atomic E-state index is 10.8. The molecule has 3 nitrogen and oxygen atoms in total. The third-order valence-corrected chi connectivity index (χ3v) is 8.74. The normalized spacial score (nSPS) is 18.0. The smallest absolute Gasteiger partial charge is 0.119 e. The fourth-order valence-electron chi connectivity index (χ4n) is 6.51. The Bertz CT molecular complexity index is 1080. The van der Waals surface area contributed by atoms with Gasteiger partial charge in [-0.25, -0.2) is 0 Å². The van der Waals surface area contributed by atoms with Gasteiger partial charge in [-0.1, -0.05) is 74.9 Å². The molecule has 0 unspecified atom stereocenters. The summed E-state index contributed by atoms with van der Waals surface area (Å²) in [7, 11) is 0. The van der Waals surface area contributed by atoms with Crippen molar-refractivity contribution in [3.8, 4) is 17.2 Å². The molecule has 3 N–H and O–H groups in total. The fraction of sp³-hybridized carbons (Fsp3) is 0.438. The summed E-state index contributed by atoms with van der Waals surface area (Å²) >= 11 is 0. The van der Waals surface area contributed by atoms with E-state index in [-0.39, 0.29) is 5.75 Å². The zero-order valence-electron chi connectivity index (χ0n) is 20.8. The van der Waals surface area contributed by atoms with Gasteiger partial charge in [-0.2, -0.15) is 0 Å². The second-order valence-electron chi connectivity index (χ2n) is 10.9. The molecule has 0 atom stereocenters. The Hall–Kier alpha value is -2.94. The predicted octanol–water partition coefficient (Wildman–Crippen LogP) is 8.25. The van der Waals surface area contributed by atoms with Crippen molar-refractivity contribution < 1.29 is 15.3 Å². The van der Waals surface area contributed by atoms with E-state index in [0.717, 1.165) is 53.5 Å². The maximum Gasteiger partial charge on any atom is 0.119 e. The molecule has 35 heavy (non-hydrogen) atoms. The lowest BCUT2D eigenvalue weighted by atomic mass is 9.69. The number of aromatic hydroxyl groups is 3. The van der Waals surface area contributed by atoms with Crippen LogP contribution in [0.1, 0.15) is 111 Å². The standard InChI is InChI=1S/C32H38O3/c1-32(24-12-16-27(33)17-13-24,25-14-18-30(34)28(20-25)22-8-4-2-5-9-22)26-15-19-31(35)29(21-26)23-10-6-3-7-11-23/h12-23,33-35H,2-11H2,1H3. The summed E-state index contributed by atoms with van der Waals surface area (Å²) in [6.07, 6.45) is 11.9. The van der Waals surface area contributed by atoms with Crippen LogP contribution in [0.3, 0.4) is 0 Å². The second kappa shape index (κ2) is 9.97. The average molecular weight is 471 g/mol. The summed E-state index contributed by atoms with van der Waals surface area (Å²) < 4.78 is 0. The second-order valence-corrected chi connectivity index (χ2v) is 10.9. The molecule has 3 heteroatoms. The summed E-state index contributed by atoms with van der Waals surface area (Å²) in [5.41, 5.74) is 4.94. The van der Waals surface area contributed by atoms with Crippen LogP contribution in [0.5, 0.6) is 17.2 Å². The van der Waals surface area contributed by atoms with Crippen LogP contribution in [0.4, 0.5) is 0 Å². The van der Waals surface area contributed by atoms with Gasteiger partial charge in [0.1, 0.15) is 17.2 Å². The number of phenols is 3. The molecule has 184 valence electrons. The van der Waals surface area contributed by atoms with Crippen LogP contribution in [0, 0.1) is 0 Å². The molecule has 2 aliphatic carbocycles. The van der Waals surface area contributed by atoms with Crippen molar-refractivity contribution in [3.63, 3.8) is 0 Å². The number of benzene rings is 3. The van der Waals surface area contributed by atoms with E-state index in [0.29, 0.717) is 23.3 Å². The zero-order valence-corrected chi connectivity index (χ0v) is 20.8. The average Bonchev–Trinajstić information content (AvgIpc) is 2.90. The molecule has 0 bridgehead atoms. The van der Waals surface area contributed by atoms with Crippen LogP contribution in [0.25, 0.3) is 0 Å². The maximum absolute atomic E-state index is 10.8. The lowest BCUT2D eigenvalue weighted by Gasteiger charge is -2.34. The Labute approximate surface area is 209 Å². The highest BCUT2D eigenvalue weighted by Crippen LogP contribution is 2.46. The molecular formula is C32H38O3. The molecule has 0 saturated heterocycles. The summed E-state index contributed by atoms with van der Waals surface area (Å²) in [5.74, 6) is 1.82. The lowest BCUT2D eigenvalue weighted by Crippen LogP contribution is -2.26. The molecule has 5 rings (SSSR count). The van der Waals surface area contributed by atoms with Crippen molar-refractivity contribution in [2.75, 3.05) is 0 Å². The molecule has 0 aromatic heterocycles. The van der Waals surface area contributed by atoms with Crippen LogP contribution < -0.4 is 0 Å². The van der Waals surface area contributed by atoms with Crippen LogP contribution in [-0.4, -0.2) is 15.3 Å². The van der Waals surface area contributed by atoms with Crippen LogP contribution in [-0.2, 0) is 5.41 Å². The quantitative estimate of drug-likeness (QED) is 0.329. The molecule has 3 aromatic carbocycles.